The van der Waals surface area contributed by atoms with E-state index in [0.29, 0.717) is 5.82 Å². The largest absolute Gasteiger partial charge is 0.310 e. The SMILES string of the molecule is CC(C)(C)c1ccc2c(c1)c1c(-c3ccccc3)ccc3c1n2-c1cc(-c2nc(-c4ccccc4)cc(-c4ccccc4)n2)cc2c1B3c1ccc(-c3ccccc3)c3c4cc(C(C)(C)C)ccc4n-2c13. The van der Waals surface area contributed by atoms with Gasteiger partial charge in [0.2, 0.25) is 0 Å². The number of rotatable bonds is 5. The van der Waals surface area contributed by atoms with Crippen molar-refractivity contribution in [1.82, 2.24) is 19.1 Å². The Labute approximate surface area is 415 Å². The molecule has 0 amide bonds. The van der Waals surface area contributed by atoms with Crippen molar-refractivity contribution in [3.8, 4) is 67.5 Å². The molecule has 0 unspecified atom stereocenters. The second-order valence-corrected chi connectivity index (χ2v) is 21.8. The smallest absolute Gasteiger partial charge is 0.252 e. The van der Waals surface area contributed by atoms with Gasteiger partial charge in [0.15, 0.2) is 5.82 Å². The van der Waals surface area contributed by atoms with Gasteiger partial charge < -0.3 is 9.13 Å². The molecule has 0 aliphatic carbocycles. The van der Waals surface area contributed by atoms with E-state index in [1.54, 1.807) is 0 Å². The molecule has 3 aromatic heterocycles. The summed E-state index contributed by atoms with van der Waals surface area (Å²) >= 11 is 0. The molecule has 0 atom stereocenters. The molecule has 4 nitrogen and oxygen atoms in total. The van der Waals surface area contributed by atoms with E-state index in [4.69, 9.17) is 9.97 Å². The number of nitrogens with zero attached hydrogens (tertiary/aromatic N) is 4. The van der Waals surface area contributed by atoms with E-state index in [1.807, 2.05) is 0 Å². The van der Waals surface area contributed by atoms with Crippen molar-refractivity contribution >= 4 is 66.7 Å². The Balaban J connectivity index is 1.17. The monoisotopic (exact) mass is 910 g/mol. The van der Waals surface area contributed by atoms with Crippen LogP contribution in [-0.4, -0.2) is 25.8 Å². The van der Waals surface area contributed by atoms with Crippen molar-refractivity contribution < 1.29 is 0 Å². The molecule has 2 aliphatic rings. The molecule has 12 aromatic rings. The van der Waals surface area contributed by atoms with Crippen LogP contribution in [0.3, 0.4) is 0 Å². The second-order valence-electron chi connectivity index (χ2n) is 21.8. The Hall–Kier alpha value is -8.28. The summed E-state index contributed by atoms with van der Waals surface area (Å²) in [6.07, 6.45) is 0. The Morgan fingerprint density at radius 3 is 1.17 bits per heavy atom. The van der Waals surface area contributed by atoms with Crippen LogP contribution in [0, 0.1) is 0 Å². The van der Waals surface area contributed by atoms with Gasteiger partial charge in [-0.2, -0.15) is 0 Å². The minimum atomic E-state index is -0.0528. The van der Waals surface area contributed by atoms with Crippen LogP contribution in [0.5, 0.6) is 0 Å². The molecule has 2 aliphatic heterocycles. The Kier molecular flexibility index (Phi) is 8.87. The fraction of sp³-hybridized carbons (Fsp3) is 0.121. The Morgan fingerprint density at radius 2 is 0.775 bits per heavy atom. The fourth-order valence-corrected chi connectivity index (χ4v) is 11.9. The first kappa shape index (κ1) is 41.7. The highest BCUT2D eigenvalue weighted by molar-refractivity contribution is 7.00. The van der Waals surface area contributed by atoms with Crippen LogP contribution in [-0.2, 0) is 10.8 Å². The van der Waals surface area contributed by atoms with Gasteiger partial charge in [0.1, 0.15) is 0 Å². The molecular weight excluding hydrogens is 860 g/mol. The van der Waals surface area contributed by atoms with E-state index in [1.165, 1.54) is 93.4 Å². The van der Waals surface area contributed by atoms with Crippen LogP contribution in [0.25, 0.3) is 111 Å². The zero-order valence-electron chi connectivity index (χ0n) is 40.9. The van der Waals surface area contributed by atoms with Crippen molar-refractivity contribution in [2.45, 2.75) is 52.4 Å². The molecule has 0 radical (unpaired) electrons. The predicted octanol–water partition coefficient (Wildman–Crippen LogP) is 14.7. The second kappa shape index (κ2) is 15.1. The third kappa shape index (κ3) is 6.25. The standard InChI is InChI=1S/C66H51BN4/c1-65(2,3)45-27-33-55-49(37-45)59-47(40-19-11-7-12-20-40)29-31-51-62(59)70(55)57-35-44(64-68-53(42-23-15-9-16-24-42)39-54(69-64)43-25-17-10-18-26-43)36-58-61(57)67(51)52-32-30-48(41-21-13-8-14-22-41)60-50-38-46(66(4,5)6)28-34-56(50)71(58)63(52)60/h7-39H,1-6H3. The Bertz CT molecular complexity index is 3890. The molecule has 0 bridgehead atoms. The number of benzene rings is 9. The van der Waals surface area contributed by atoms with Gasteiger partial charge in [-0.1, -0.05) is 199 Å². The minimum absolute atomic E-state index is 0.0435. The number of aromatic nitrogens is 4. The number of hydrogen-bond donors (Lipinski definition) is 0. The average Bonchev–Trinajstić information content (AvgIpc) is 3.93. The maximum Gasteiger partial charge on any atom is 0.252 e. The summed E-state index contributed by atoms with van der Waals surface area (Å²) in [4.78, 5) is 11.0. The summed E-state index contributed by atoms with van der Waals surface area (Å²) in [7, 11) is 0. The van der Waals surface area contributed by atoms with Gasteiger partial charge >= 0.3 is 0 Å². The molecule has 338 valence electrons. The van der Waals surface area contributed by atoms with Gasteiger partial charge in [0.25, 0.3) is 6.71 Å². The maximum absolute atomic E-state index is 5.50. The third-order valence-electron chi connectivity index (χ3n) is 15.4. The highest BCUT2D eigenvalue weighted by Crippen LogP contribution is 2.46. The predicted molar refractivity (Wildman–Crippen MR) is 300 cm³/mol. The van der Waals surface area contributed by atoms with Crippen LogP contribution in [0.4, 0.5) is 0 Å². The van der Waals surface area contributed by atoms with E-state index in [0.717, 1.165) is 39.5 Å². The van der Waals surface area contributed by atoms with E-state index in [-0.39, 0.29) is 17.5 Å². The molecule has 0 saturated carbocycles. The fourth-order valence-electron chi connectivity index (χ4n) is 11.9. The Morgan fingerprint density at radius 1 is 0.380 bits per heavy atom. The van der Waals surface area contributed by atoms with Crippen molar-refractivity contribution in [3.05, 3.63) is 211 Å². The lowest BCUT2D eigenvalue weighted by Gasteiger charge is -2.34. The van der Waals surface area contributed by atoms with Crippen molar-refractivity contribution in [1.29, 1.82) is 0 Å². The minimum Gasteiger partial charge on any atom is -0.310 e. The third-order valence-corrected chi connectivity index (χ3v) is 15.4. The van der Waals surface area contributed by atoms with E-state index in [9.17, 15) is 0 Å². The first-order valence-electron chi connectivity index (χ1n) is 25.0. The molecule has 71 heavy (non-hydrogen) atoms. The molecule has 0 fully saturated rings. The van der Waals surface area contributed by atoms with Crippen LogP contribution in [0.1, 0.15) is 52.7 Å². The summed E-state index contributed by atoms with van der Waals surface area (Å²) in [5, 5.41) is 5.12. The van der Waals surface area contributed by atoms with Gasteiger partial charge in [-0.25, -0.2) is 9.97 Å². The van der Waals surface area contributed by atoms with E-state index in [2.05, 4.69) is 251 Å². The molecule has 5 heteroatoms. The van der Waals surface area contributed by atoms with E-state index >= 15 is 0 Å². The summed E-state index contributed by atoms with van der Waals surface area (Å²) < 4.78 is 5.20. The highest BCUT2D eigenvalue weighted by atomic mass is 15.0. The zero-order chi connectivity index (χ0) is 47.9. The van der Waals surface area contributed by atoms with Gasteiger partial charge in [-0.3, -0.25) is 0 Å². The van der Waals surface area contributed by atoms with Crippen LogP contribution < -0.4 is 16.4 Å². The quantitative estimate of drug-likeness (QED) is 0.161. The molecule has 0 saturated heterocycles. The van der Waals surface area contributed by atoms with Gasteiger partial charge in [-0.05, 0) is 103 Å². The zero-order valence-corrected chi connectivity index (χ0v) is 40.9. The lowest BCUT2D eigenvalue weighted by atomic mass is 9.34. The normalized spacial score (nSPS) is 12.9. The first-order valence-corrected chi connectivity index (χ1v) is 25.0. The van der Waals surface area contributed by atoms with Crippen molar-refractivity contribution in [2.75, 3.05) is 0 Å². The lowest BCUT2D eigenvalue weighted by molar-refractivity contribution is 0.591. The van der Waals surface area contributed by atoms with Gasteiger partial charge in [0.05, 0.1) is 22.4 Å². The molecule has 5 heterocycles. The molecular formula is C66H51BN4. The van der Waals surface area contributed by atoms with Crippen molar-refractivity contribution in [3.63, 3.8) is 0 Å². The lowest BCUT2D eigenvalue weighted by Crippen LogP contribution is -2.59. The van der Waals surface area contributed by atoms with Gasteiger partial charge in [-0.15, -0.1) is 0 Å². The van der Waals surface area contributed by atoms with Crippen molar-refractivity contribution in [2.24, 2.45) is 0 Å². The molecule has 0 N–H and O–H groups in total. The summed E-state index contributed by atoms with van der Waals surface area (Å²) in [6.45, 7) is 13.9. The molecule has 9 aromatic carbocycles. The topological polar surface area (TPSA) is 35.6 Å². The van der Waals surface area contributed by atoms with Gasteiger partial charge in [0, 0.05) is 60.6 Å². The van der Waals surface area contributed by atoms with Crippen LogP contribution in [0.2, 0.25) is 0 Å². The van der Waals surface area contributed by atoms with Crippen LogP contribution in [0.15, 0.2) is 200 Å². The van der Waals surface area contributed by atoms with Crippen LogP contribution >= 0.6 is 0 Å². The molecule has 0 spiro atoms. The number of hydrogen-bond acceptors (Lipinski definition) is 2. The highest BCUT2D eigenvalue weighted by Gasteiger charge is 2.42. The maximum atomic E-state index is 5.50. The molecule has 14 rings (SSSR count). The average molecular weight is 911 g/mol. The first-order chi connectivity index (χ1) is 34.5. The summed E-state index contributed by atoms with van der Waals surface area (Å²) in [5.74, 6) is 0.693. The summed E-state index contributed by atoms with van der Waals surface area (Å²) in [6, 6.07) is 74.1. The number of fused-ring (bicyclic) bond motifs is 10. The van der Waals surface area contributed by atoms with E-state index < -0.39 is 0 Å². The summed E-state index contributed by atoms with van der Waals surface area (Å²) in [5.41, 5.74) is 23.5.